The van der Waals surface area contributed by atoms with Crippen molar-refractivity contribution in [3.8, 4) is 0 Å². The Hall–Kier alpha value is 0.628. The number of aliphatic hydroxyl groups excluding tert-OH is 1. The summed E-state index contributed by atoms with van der Waals surface area (Å²) in [5.41, 5.74) is 0. The SMILES string of the molecule is C[Si](C)(C)OC[C@H]1O[C@@H](O)[C@H](O[Si](C)(C)C)[C@@H](O[Si](C)(C)C)[C@H]1O[Si](C)(C)C. The van der Waals surface area contributed by atoms with Crippen molar-refractivity contribution in [3.63, 3.8) is 0 Å². The van der Waals surface area contributed by atoms with Crippen LogP contribution in [0.15, 0.2) is 0 Å². The molecule has 0 amide bonds. The lowest BCUT2D eigenvalue weighted by Crippen LogP contribution is -2.66. The summed E-state index contributed by atoms with van der Waals surface area (Å²) in [6, 6.07) is 0. The van der Waals surface area contributed by atoms with Crippen LogP contribution in [-0.4, -0.2) is 75.7 Å². The van der Waals surface area contributed by atoms with Crippen molar-refractivity contribution in [1.82, 2.24) is 0 Å². The molecule has 168 valence electrons. The van der Waals surface area contributed by atoms with E-state index in [1.54, 1.807) is 0 Å². The first-order valence-electron chi connectivity index (χ1n) is 10.3. The van der Waals surface area contributed by atoms with Crippen molar-refractivity contribution >= 4 is 33.3 Å². The van der Waals surface area contributed by atoms with E-state index in [9.17, 15) is 5.11 Å². The Bertz CT molecular complexity index is 492. The van der Waals surface area contributed by atoms with Gasteiger partial charge in [0.2, 0.25) is 0 Å². The molecule has 0 spiro atoms. The van der Waals surface area contributed by atoms with Crippen LogP contribution >= 0.6 is 0 Å². The van der Waals surface area contributed by atoms with Crippen LogP contribution in [0.3, 0.4) is 0 Å². The largest absolute Gasteiger partial charge is 0.415 e. The van der Waals surface area contributed by atoms with Gasteiger partial charge in [-0.2, -0.15) is 0 Å². The van der Waals surface area contributed by atoms with E-state index in [-0.39, 0.29) is 18.3 Å². The number of aliphatic hydroxyl groups is 1. The third-order valence-corrected chi connectivity index (χ3v) is 7.73. The molecule has 1 N–H and O–H groups in total. The minimum absolute atomic E-state index is 0.320. The normalized spacial score (nSPS) is 30.5. The topological polar surface area (TPSA) is 66.4 Å². The molecule has 1 heterocycles. The smallest absolute Gasteiger partial charge is 0.184 e. The highest BCUT2D eigenvalue weighted by molar-refractivity contribution is 6.71. The Balaban J connectivity index is 3.26. The van der Waals surface area contributed by atoms with E-state index in [1.165, 1.54) is 0 Å². The zero-order valence-electron chi connectivity index (χ0n) is 20.1. The van der Waals surface area contributed by atoms with Gasteiger partial charge in [-0.3, -0.25) is 0 Å². The Morgan fingerprint density at radius 2 is 1.00 bits per heavy atom. The average molecular weight is 469 g/mol. The van der Waals surface area contributed by atoms with Crippen LogP contribution in [0, 0.1) is 0 Å². The number of rotatable bonds is 9. The maximum Gasteiger partial charge on any atom is 0.184 e. The summed E-state index contributed by atoms with van der Waals surface area (Å²) >= 11 is 0. The first-order valence-corrected chi connectivity index (χ1v) is 23.9. The van der Waals surface area contributed by atoms with Gasteiger partial charge in [-0.1, -0.05) is 0 Å². The van der Waals surface area contributed by atoms with E-state index in [4.69, 9.17) is 22.4 Å². The Morgan fingerprint density at radius 1 is 0.607 bits per heavy atom. The lowest BCUT2D eigenvalue weighted by Gasteiger charge is -2.49. The average Bonchev–Trinajstić information content (AvgIpc) is 2.39. The fourth-order valence-corrected chi connectivity index (χ4v) is 6.91. The van der Waals surface area contributed by atoms with Gasteiger partial charge in [-0.25, -0.2) is 0 Å². The van der Waals surface area contributed by atoms with Gasteiger partial charge < -0.3 is 27.5 Å². The summed E-state index contributed by atoms with van der Waals surface area (Å²) in [5, 5.41) is 10.8. The molecule has 0 aromatic heterocycles. The molecular weight excluding hydrogens is 425 g/mol. The van der Waals surface area contributed by atoms with Gasteiger partial charge in [-0.15, -0.1) is 0 Å². The summed E-state index contributed by atoms with van der Waals surface area (Å²) in [4.78, 5) is 0. The molecule has 6 nitrogen and oxygen atoms in total. The van der Waals surface area contributed by atoms with Crippen LogP contribution in [0.4, 0.5) is 0 Å². The van der Waals surface area contributed by atoms with Crippen molar-refractivity contribution in [1.29, 1.82) is 0 Å². The molecule has 0 aliphatic carbocycles. The van der Waals surface area contributed by atoms with Gasteiger partial charge in [0.15, 0.2) is 39.6 Å². The Labute approximate surface area is 176 Å². The van der Waals surface area contributed by atoms with Crippen LogP contribution in [0.2, 0.25) is 78.6 Å². The van der Waals surface area contributed by atoms with Gasteiger partial charge in [-0.05, 0) is 78.6 Å². The summed E-state index contributed by atoms with van der Waals surface area (Å²) in [6.45, 7) is 26.1. The summed E-state index contributed by atoms with van der Waals surface area (Å²) in [5.74, 6) is 0. The molecule has 0 unspecified atom stereocenters. The summed E-state index contributed by atoms with van der Waals surface area (Å²) < 4.78 is 31.7. The lowest BCUT2D eigenvalue weighted by molar-refractivity contribution is -0.274. The first kappa shape index (κ1) is 26.7. The van der Waals surface area contributed by atoms with Gasteiger partial charge in [0.05, 0.1) is 6.61 Å². The van der Waals surface area contributed by atoms with Crippen LogP contribution in [0.1, 0.15) is 0 Å². The number of ether oxygens (including phenoxy) is 1. The van der Waals surface area contributed by atoms with E-state index in [0.29, 0.717) is 6.61 Å². The highest BCUT2D eigenvalue weighted by Crippen LogP contribution is 2.33. The fourth-order valence-electron chi connectivity index (χ4n) is 2.99. The second-order valence-electron chi connectivity index (χ2n) is 11.6. The minimum atomic E-state index is -1.94. The molecule has 5 atom stereocenters. The van der Waals surface area contributed by atoms with E-state index in [0.717, 1.165) is 0 Å². The molecule has 1 aliphatic heterocycles. The molecule has 28 heavy (non-hydrogen) atoms. The van der Waals surface area contributed by atoms with Crippen molar-refractivity contribution in [2.45, 2.75) is 109 Å². The molecule has 1 saturated heterocycles. The van der Waals surface area contributed by atoms with E-state index in [1.807, 2.05) is 0 Å². The molecule has 0 aromatic rings. The van der Waals surface area contributed by atoms with E-state index >= 15 is 0 Å². The molecule has 0 saturated carbocycles. The van der Waals surface area contributed by atoms with Gasteiger partial charge in [0.1, 0.15) is 24.4 Å². The minimum Gasteiger partial charge on any atom is -0.415 e. The highest BCUT2D eigenvalue weighted by atomic mass is 28.4. The van der Waals surface area contributed by atoms with E-state index in [2.05, 4.69) is 78.6 Å². The molecule has 0 radical (unpaired) electrons. The van der Waals surface area contributed by atoms with Crippen LogP contribution < -0.4 is 0 Å². The van der Waals surface area contributed by atoms with Crippen molar-refractivity contribution < 1.29 is 27.5 Å². The maximum absolute atomic E-state index is 10.8. The molecular formula is C18H44O6Si4. The van der Waals surface area contributed by atoms with Crippen LogP contribution in [-0.2, 0) is 22.4 Å². The Kier molecular flexibility index (Phi) is 8.96. The molecule has 0 aromatic carbocycles. The summed E-state index contributed by atoms with van der Waals surface area (Å²) in [6.07, 6.45) is -2.67. The van der Waals surface area contributed by atoms with Crippen molar-refractivity contribution in [2.24, 2.45) is 0 Å². The van der Waals surface area contributed by atoms with Crippen LogP contribution in [0.25, 0.3) is 0 Å². The zero-order chi connectivity index (χ0) is 22.1. The molecule has 10 heteroatoms. The number of hydrogen-bond acceptors (Lipinski definition) is 6. The molecule has 1 rings (SSSR count). The zero-order valence-corrected chi connectivity index (χ0v) is 24.1. The van der Waals surface area contributed by atoms with E-state index < -0.39 is 45.7 Å². The monoisotopic (exact) mass is 468 g/mol. The standard InChI is InChI=1S/C18H44O6Si4/c1-25(2,3)20-13-14-15(22-26(4,5)6)16(23-27(7,8)9)17(18(19)21-14)24-28(10,11)12/h14-19H,13H2,1-12H3/t14-,15+,16+,17-,18-/m1/s1. The molecule has 1 aliphatic rings. The second-order valence-corrected chi connectivity index (χ2v) is 29.5. The predicted molar refractivity (Wildman–Crippen MR) is 125 cm³/mol. The first-order chi connectivity index (χ1) is 12.3. The third-order valence-electron chi connectivity index (χ3n) is 3.76. The number of hydrogen-bond donors (Lipinski definition) is 1. The second kappa shape index (κ2) is 9.41. The van der Waals surface area contributed by atoms with Gasteiger partial charge in [0.25, 0.3) is 0 Å². The molecule has 0 bridgehead atoms. The quantitative estimate of drug-likeness (QED) is 0.511. The van der Waals surface area contributed by atoms with Crippen molar-refractivity contribution in [2.75, 3.05) is 6.61 Å². The Morgan fingerprint density at radius 3 is 1.39 bits per heavy atom. The van der Waals surface area contributed by atoms with Crippen molar-refractivity contribution in [3.05, 3.63) is 0 Å². The van der Waals surface area contributed by atoms with Crippen LogP contribution in [0.5, 0.6) is 0 Å². The van der Waals surface area contributed by atoms with Gasteiger partial charge >= 0.3 is 0 Å². The predicted octanol–water partition coefficient (Wildman–Crippen LogP) is 4.22. The molecule has 1 fully saturated rings. The van der Waals surface area contributed by atoms with Gasteiger partial charge in [0, 0.05) is 0 Å². The lowest BCUT2D eigenvalue weighted by atomic mass is 9.99. The summed E-state index contributed by atoms with van der Waals surface area (Å²) in [7, 11) is -7.50. The third kappa shape index (κ3) is 10.1. The maximum atomic E-state index is 10.8. The highest BCUT2D eigenvalue weighted by Gasteiger charge is 2.51. The fraction of sp³-hybridized carbons (Fsp3) is 1.00.